The van der Waals surface area contributed by atoms with Crippen LogP contribution in [0.5, 0.6) is 0 Å². The van der Waals surface area contributed by atoms with Crippen LogP contribution in [0.1, 0.15) is 46.5 Å². The van der Waals surface area contributed by atoms with Crippen molar-refractivity contribution >= 4 is 5.97 Å². The van der Waals surface area contributed by atoms with Crippen LogP contribution in [0.25, 0.3) is 0 Å². The van der Waals surface area contributed by atoms with E-state index in [0.29, 0.717) is 12.5 Å². The van der Waals surface area contributed by atoms with E-state index in [1.54, 1.807) is 13.8 Å². The fourth-order valence-electron chi connectivity index (χ4n) is 1.88. The standard InChI is InChI=1S/C12H23NO2/c1-9-4-6-10(7-5-9)8-15-11(14)12(2,3)13/h9-10H,4-8,13H2,1-3H3. The zero-order valence-corrected chi connectivity index (χ0v) is 10.1. The van der Waals surface area contributed by atoms with Crippen molar-refractivity contribution in [3.8, 4) is 0 Å². The summed E-state index contributed by atoms with van der Waals surface area (Å²) in [5, 5.41) is 0. The Labute approximate surface area is 92.4 Å². The Morgan fingerprint density at radius 2 is 1.87 bits per heavy atom. The summed E-state index contributed by atoms with van der Waals surface area (Å²) in [6.07, 6.45) is 4.88. The van der Waals surface area contributed by atoms with E-state index in [0.717, 1.165) is 5.92 Å². The maximum absolute atomic E-state index is 11.4. The molecule has 1 saturated carbocycles. The fourth-order valence-corrected chi connectivity index (χ4v) is 1.88. The first-order chi connectivity index (χ1) is 6.89. The minimum Gasteiger partial charge on any atom is -0.464 e. The molecule has 88 valence electrons. The SMILES string of the molecule is CC1CCC(COC(=O)C(C)(C)N)CC1. The lowest BCUT2D eigenvalue weighted by molar-refractivity contribution is -0.150. The first-order valence-corrected chi connectivity index (χ1v) is 5.85. The maximum Gasteiger partial charge on any atom is 0.325 e. The van der Waals surface area contributed by atoms with Gasteiger partial charge in [-0.2, -0.15) is 0 Å². The highest BCUT2D eigenvalue weighted by Crippen LogP contribution is 2.28. The summed E-state index contributed by atoms with van der Waals surface area (Å²) in [5.74, 6) is 1.09. The second-order valence-corrected chi connectivity index (χ2v) is 5.45. The van der Waals surface area contributed by atoms with Crippen molar-refractivity contribution in [2.75, 3.05) is 6.61 Å². The van der Waals surface area contributed by atoms with E-state index in [4.69, 9.17) is 10.5 Å². The zero-order valence-electron chi connectivity index (χ0n) is 10.1. The van der Waals surface area contributed by atoms with Crippen LogP contribution >= 0.6 is 0 Å². The molecule has 0 heterocycles. The Bertz CT molecular complexity index is 212. The summed E-state index contributed by atoms with van der Waals surface area (Å²) < 4.78 is 5.22. The molecule has 1 fully saturated rings. The molecule has 0 radical (unpaired) electrons. The van der Waals surface area contributed by atoms with Crippen molar-refractivity contribution in [3.63, 3.8) is 0 Å². The third-order valence-corrected chi connectivity index (χ3v) is 3.11. The van der Waals surface area contributed by atoms with E-state index >= 15 is 0 Å². The molecule has 0 amide bonds. The van der Waals surface area contributed by atoms with Crippen LogP contribution in [0.2, 0.25) is 0 Å². The fraction of sp³-hybridized carbons (Fsp3) is 0.917. The van der Waals surface area contributed by atoms with Gasteiger partial charge in [0.15, 0.2) is 0 Å². The Kier molecular flexibility index (Phi) is 4.14. The summed E-state index contributed by atoms with van der Waals surface area (Å²) in [6.45, 7) is 6.19. The number of hydrogen-bond acceptors (Lipinski definition) is 3. The maximum atomic E-state index is 11.4. The van der Waals surface area contributed by atoms with Crippen LogP contribution in [0.4, 0.5) is 0 Å². The molecule has 0 aromatic heterocycles. The van der Waals surface area contributed by atoms with Gasteiger partial charge in [-0.1, -0.05) is 19.8 Å². The smallest absolute Gasteiger partial charge is 0.325 e. The molecule has 2 N–H and O–H groups in total. The first kappa shape index (κ1) is 12.5. The number of hydrogen-bond donors (Lipinski definition) is 1. The molecule has 0 atom stereocenters. The van der Waals surface area contributed by atoms with Gasteiger partial charge < -0.3 is 10.5 Å². The van der Waals surface area contributed by atoms with Gasteiger partial charge in [0.2, 0.25) is 0 Å². The minimum absolute atomic E-state index is 0.291. The summed E-state index contributed by atoms with van der Waals surface area (Å²) in [7, 11) is 0. The normalized spacial score (nSPS) is 27.5. The van der Waals surface area contributed by atoms with Gasteiger partial charge in [-0.3, -0.25) is 4.79 Å². The monoisotopic (exact) mass is 213 g/mol. The van der Waals surface area contributed by atoms with Crippen LogP contribution < -0.4 is 5.73 Å². The van der Waals surface area contributed by atoms with Crippen LogP contribution in [0.3, 0.4) is 0 Å². The number of nitrogens with two attached hydrogens (primary N) is 1. The third kappa shape index (κ3) is 4.20. The van der Waals surface area contributed by atoms with Crippen molar-refractivity contribution in [3.05, 3.63) is 0 Å². The molecular weight excluding hydrogens is 190 g/mol. The van der Waals surface area contributed by atoms with Gasteiger partial charge in [0.25, 0.3) is 0 Å². The number of esters is 1. The van der Waals surface area contributed by atoms with E-state index in [-0.39, 0.29) is 5.97 Å². The van der Waals surface area contributed by atoms with Gasteiger partial charge in [0.1, 0.15) is 5.54 Å². The molecule has 3 heteroatoms. The summed E-state index contributed by atoms with van der Waals surface area (Å²) in [4.78, 5) is 11.4. The second-order valence-electron chi connectivity index (χ2n) is 5.45. The molecule has 0 saturated heterocycles. The van der Waals surface area contributed by atoms with E-state index in [1.807, 2.05) is 0 Å². The molecule has 0 bridgehead atoms. The Hall–Kier alpha value is -0.570. The highest BCUT2D eigenvalue weighted by atomic mass is 16.5. The third-order valence-electron chi connectivity index (χ3n) is 3.11. The highest BCUT2D eigenvalue weighted by Gasteiger charge is 2.26. The van der Waals surface area contributed by atoms with Gasteiger partial charge in [0, 0.05) is 0 Å². The molecule has 1 rings (SSSR count). The highest BCUT2D eigenvalue weighted by molar-refractivity contribution is 5.79. The molecule has 0 aromatic carbocycles. The van der Waals surface area contributed by atoms with Gasteiger partial charge in [0.05, 0.1) is 6.61 Å². The molecule has 0 unspecified atom stereocenters. The molecule has 0 aliphatic heterocycles. The van der Waals surface area contributed by atoms with Crippen LogP contribution in [-0.2, 0) is 9.53 Å². The lowest BCUT2D eigenvalue weighted by atomic mass is 9.83. The number of ether oxygens (including phenoxy) is 1. The molecule has 3 nitrogen and oxygen atoms in total. The topological polar surface area (TPSA) is 52.3 Å². The number of carbonyl (C=O) groups is 1. The average molecular weight is 213 g/mol. The molecule has 1 aliphatic carbocycles. The van der Waals surface area contributed by atoms with Crippen molar-refractivity contribution in [2.45, 2.75) is 52.0 Å². The van der Waals surface area contributed by atoms with Crippen molar-refractivity contribution in [1.82, 2.24) is 0 Å². The quantitative estimate of drug-likeness (QED) is 0.730. The van der Waals surface area contributed by atoms with E-state index in [2.05, 4.69) is 6.92 Å². The van der Waals surface area contributed by atoms with Crippen LogP contribution in [-0.4, -0.2) is 18.1 Å². The number of rotatable bonds is 3. The predicted octanol–water partition coefficient (Wildman–Crippen LogP) is 2.09. The molecule has 0 aromatic rings. The van der Waals surface area contributed by atoms with Crippen molar-refractivity contribution in [1.29, 1.82) is 0 Å². The second kappa shape index (κ2) is 4.97. The summed E-state index contributed by atoms with van der Waals surface area (Å²) >= 11 is 0. The predicted molar refractivity (Wildman–Crippen MR) is 60.3 cm³/mol. The van der Waals surface area contributed by atoms with Crippen molar-refractivity contribution in [2.24, 2.45) is 17.6 Å². The van der Waals surface area contributed by atoms with Gasteiger partial charge in [-0.25, -0.2) is 0 Å². The number of carbonyl (C=O) groups excluding carboxylic acids is 1. The van der Waals surface area contributed by atoms with E-state index < -0.39 is 5.54 Å². The lowest BCUT2D eigenvalue weighted by Gasteiger charge is -2.26. The summed E-state index contributed by atoms with van der Waals surface area (Å²) in [6, 6.07) is 0. The Morgan fingerprint density at radius 3 is 2.33 bits per heavy atom. The minimum atomic E-state index is -0.859. The largest absolute Gasteiger partial charge is 0.464 e. The van der Waals surface area contributed by atoms with Crippen LogP contribution in [0.15, 0.2) is 0 Å². The Balaban J connectivity index is 2.23. The van der Waals surface area contributed by atoms with Gasteiger partial charge in [-0.05, 0) is 38.5 Å². The first-order valence-electron chi connectivity index (χ1n) is 5.85. The molecule has 1 aliphatic rings. The zero-order chi connectivity index (χ0) is 11.5. The lowest BCUT2D eigenvalue weighted by Crippen LogP contribution is -2.43. The molecule has 0 spiro atoms. The molecular formula is C12H23NO2. The Morgan fingerprint density at radius 1 is 1.33 bits per heavy atom. The van der Waals surface area contributed by atoms with Crippen LogP contribution in [0, 0.1) is 11.8 Å². The summed E-state index contributed by atoms with van der Waals surface area (Å²) in [5.41, 5.74) is 4.78. The van der Waals surface area contributed by atoms with E-state index in [9.17, 15) is 4.79 Å². The van der Waals surface area contributed by atoms with Gasteiger partial charge >= 0.3 is 5.97 Å². The average Bonchev–Trinajstić information content (AvgIpc) is 2.15. The van der Waals surface area contributed by atoms with E-state index in [1.165, 1.54) is 25.7 Å². The van der Waals surface area contributed by atoms with Gasteiger partial charge in [-0.15, -0.1) is 0 Å². The van der Waals surface area contributed by atoms with Crippen molar-refractivity contribution < 1.29 is 9.53 Å². The molecule has 15 heavy (non-hydrogen) atoms.